The second kappa shape index (κ2) is 7.50. The number of rotatable bonds is 6. The van der Waals surface area contributed by atoms with Crippen LogP contribution >= 0.6 is 11.8 Å². The van der Waals surface area contributed by atoms with Crippen molar-refractivity contribution < 1.29 is 14.3 Å². The van der Waals surface area contributed by atoms with Crippen LogP contribution in [0.4, 0.5) is 0 Å². The number of benzene rings is 1. The minimum absolute atomic E-state index is 0.118. The lowest BCUT2D eigenvalue weighted by Gasteiger charge is -2.17. The van der Waals surface area contributed by atoms with Crippen molar-refractivity contribution in [3.05, 3.63) is 29.8 Å². The minimum atomic E-state index is 0.118. The van der Waals surface area contributed by atoms with Gasteiger partial charge in [-0.15, -0.1) is 0 Å². The topological polar surface area (TPSA) is 46.6 Å². The van der Waals surface area contributed by atoms with E-state index in [9.17, 15) is 9.59 Å². The van der Waals surface area contributed by atoms with E-state index >= 15 is 0 Å². The first-order chi connectivity index (χ1) is 10.1. The zero-order valence-electron chi connectivity index (χ0n) is 12.5. The van der Waals surface area contributed by atoms with Crippen molar-refractivity contribution in [2.24, 2.45) is 5.92 Å². The molecule has 1 atom stereocenters. The molecule has 1 fully saturated rings. The van der Waals surface area contributed by atoms with E-state index in [1.54, 1.807) is 6.92 Å². The van der Waals surface area contributed by atoms with Crippen LogP contribution in [0.5, 0.6) is 5.75 Å². The van der Waals surface area contributed by atoms with Gasteiger partial charge in [-0.2, -0.15) is 0 Å². The van der Waals surface area contributed by atoms with Crippen molar-refractivity contribution in [3.8, 4) is 5.75 Å². The summed E-state index contributed by atoms with van der Waals surface area (Å²) in [6, 6.07) is 7.86. The van der Waals surface area contributed by atoms with Gasteiger partial charge in [0.1, 0.15) is 5.75 Å². The first kappa shape index (κ1) is 15.9. The van der Waals surface area contributed by atoms with Gasteiger partial charge in [0.05, 0.1) is 6.61 Å². The van der Waals surface area contributed by atoms with Gasteiger partial charge >= 0.3 is 0 Å². The van der Waals surface area contributed by atoms with E-state index in [2.05, 4.69) is 0 Å². The Balaban J connectivity index is 1.87. The Morgan fingerprint density at radius 3 is 2.71 bits per heavy atom. The summed E-state index contributed by atoms with van der Waals surface area (Å²) in [4.78, 5) is 24.9. The van der Waals surface area contributed by atoms with Gasteiger partial charge in [0.2, 0.25) is 5.91 Å². The zero-order chi connectivity index (χ0) is 15.2. The van der Waals surface area contributed by atoms with E-state index in [4.69, 9.17) is 4.74 Å². The smallest absolute Gasteiger partial charge is 0.223 e. The Labute approximate surface area is 129 Å². The molecule has 0 bridgehead atoms. The molecule has 0 spiro atoms. The van der Waals surface area contributed by atoms with Crippen LogP contribution in [-0.4, -0.2) is 34.8 Å². The molecule has 1 aliphatic rings. The summed E-state index contributed by atoms with van der Waals surface area (Å²) in [6.45, 7) is 5.55. The summed E-state index contributed by atoms with van der Waals surface area (Å²) in [7, 11) is 0. The van der Waals surface area contributed by atoms with Gasteiger partial charge in [-0.25, -0.2) is 0 Å². The van der Waals surface area contributed by atoms with Crippen LogP contribution in [0.1, 0.15) is 25.8 Å². The number of carbonyl (C=O) groups excluding carboxylic acids is 2. The monoisotopic (exact) mass is 307 g/mol. The predicted molar refractivity (Wildman–Crippen MR) is 84.3 cm³/mol. The van der Waals surface area contributed by atoms with Gasteiger partial charge in [-0.1, -0.05) is 23.9 Å². The maximum atomic E-state index is 12.0. The van der Waals surface area contributed by atoms with Crippen LogP contribution in [0.3, 0.4) is 0 Å². The molecule has 0 saturated carbocycles. The van der Waals surface area contributed by atoms with E-state index in [0.29, 0.717) is 19.6 Å². The summed E-state index contributed by atoms with van der Waals surface area (Å²) < 4.78 is 5.41. The SMILES string of the molecule is CCOc1ccc(CN2CC(CSC(C)=O)CC2=O)cc1. The molecule has 1 saturated heterocycles. The van der Waals surface area contributed by atoms with Gasteiger partial charge in [0, 0.05) is 32.2 Å². The highest BCUT2D eigenvalue weighted by Gasteiger charge is 2.29. The number of thioether (sulfide) groups is 1. The fraction of sp³-hybridized carbons (Fsp3) is 0.500. The van der Waals surface area contributed by atoms with Gasteiger partial charge in [-0.05, 0) is 30.5 Å². The molecule has 0 aliphatic carbocycles. The number of nitrogens with zero attached hydrogens (tertiary/aromatic N) is 1. The fourth-order valence-corrected chi connectivity index (χ4v) is 3.13. The summed E-state index contributed by atoms with van der Waals surface area (Å²) in [5.74, 6) is 2.05. The standard InChI is InChI=1S/C16H21NO3S/c1-3-20-15-6-4-13(5-7-15)9-17-10-14(8-16(17)19)11-21-12(2)18/h4-7,14H,3,8-11H2,1-2H3. The summed E-state index contributed by atoms with van der Waals surface area (Å²) in [6.07, 6.45) is 0.553. The lowest BCUT2D eigenvalue weighted by Crippen LogP contribution is -2.24. The van der Waals surface area contributed by atoms with Crippen LogP contribution in [0.15, 0.2) is 24.3 Å². The number of likely N-dealkylation sites (tertiary alicyclic amines) is 1. The van der Waals surface area contributed by atoms with Crippen molar-refractivity contribution in [1.82, 2.24) is 4.90 Å². The average Bonchev–Trinajstić information content (AvgIpc) is 2.80. The molecule has 0 N–H and O–H groups in total. The van der Waals surface area contributed by atoms with Gasteiger partial charge in [0.15, 0.2) is 5.12 Å². The Hall–Kier alpha value is -1.49. The molecule has 0 radical (unpaired) electrons. The molecule has 5 heteroatoms. The molecular weight excluding hydrogens is 286 g/mol. The lowest BCUT2D eigenvalue weighted by molar-refractivity contribution is -0.128. The first-order valence-corrected chi connectivity index (χ1v) is 8.20. The quantitative estimate of drug-likeness (QED) is 0.811. The average molecular weight is 307 g/mol. The van der Waals surface area contributed by atoms with Gasteiger partial charge < -0.3 is 9.64 Å². The maximum Gasteiger partial charge on any atom is 0.223 e. The molecule has 21 heavy (non-hydrogen) atoms. The number of hydrogen-bond acceptors (Lipinski definition) is 4. The Morgan fingerprint density at radius 2 is 2.10 bits per heavy atom. The molecule has 114 valence electrons. The van der Waals surface area contributed by atoms with Gasteiger partial charge in [-0.3, -0.25) is 9.59 Å². The third-order valence-corrected chi connectivity index (χ3v) is 4.47. The molecule has 1 aliphatic heterocycles. The molecule has 2 rings (SSSR count). The summed E-state index contributed by atoms with van der Waals surface area (Å²) in [5, 5.41) is 0.118. The molecular formula is C16H21NO3S. The Morgan fingerprint density at radius 1 is 1.38 bits per heavy atom. The summed E-state index contributed by atoms with van der Waals surface area (Å²) >= 11 is 1.31. The van der Waals surface area contributed by atoms with Crippen LogP contribution in [0.25, 0.3) is 0 Å². The second-order valence-electron chi connectivity index (χ2n) is 5.22. The lowest BCUT2D eigenvalue weighted by atomic mass is 10.1. The number of ether oxygens (including phenoxy) is 1. The molecule has 1 unspecified atom stereocenters. The number of amides is 1. The predicted octanol–water partition coefficient (Wildman–Crippen LogP) is 2.71. The van der Waals surface area contributed by atoms with Crippen LogP contribution in [-0.2, 0) is 16.1 Å². The molecule has 0 aromatic heterocycles. The van der Waals surface area contributed by atoms with E-state index in [-0.39, 0.29) is 16.9 Å². The van der Waals surface area contributed by atoms with Crippen molar-refractivity contribution in [2.75, 3.05) is 18.9 Å². The second-order valence-corrected chi connectivity index (χ2v) is 6.42. The number of carbonyl (C=O) groups is 2. The third kappa shape index (κ3) is 4.77. The molecule has 1 aromatic carbocycles. The highest BCUT2D eigenvalue weighted by molar-refractivity contribution is 8.13. The van der Waals surface area contributed by atoms with E-state index in [0.717, 1.165) is 23.6 Å². The van der Waals surface area contributed by atoms with E-state index in [1.165, 1.54) is 11.8 Å². The Kier molecular flexibility index (Phi) is 5.67. The molecule has 4 nitrogen and oxygen atoms in total. The highest BCUT2D eigenvalue weighted by atomic mass is 32.2. The first-order valence-electron chi connectivity index (χ1n) is 7.21. The molecule has 1 heterocycles. The fourth-order valence-electron chi connectivity index (χ4n) is 2.43. The van der Waals surface area contributed by atoms with Crippen molar-refractivity contribution in [3.63, 3.8) is 0 Å². The van der Waals surface area contributed by atoms with E-state index < -0.39 is 0 Å². The Bertz CT molecular complexity index is 501. The van der Waals surface area contributed by atoms with E-state index in [1.807, 2.05) is 36.1 Å². The molecule has 1 aromatic rings. The zero-order valence-corrected chi connectivity index (χ0v) is 13.3. The highest BCUT2D eigenvalue weighted by Crippen LogP contribution is 2.24. The van der Waals surface area contributed by atoms with Crippen molar-refractivity contribution in [1.29, 1.82) is 0 Å². The van der Waals surface area contributed by atoms with Gasteiger partial charge in [0.25, 0.3) is 0 Å². The largest absolute Gasteiger partial charge is 0.494 e. The third-order valence-electron chi connectivity index (χ3n) is 3.42. The normalized spacial score (nSPS) is 18.1. The van der Waals surface area contributed by atoms with Crippen molar-refractivity contribution in [2.45, 2.75) is 26.8 Å². The summed E-state index contributed by atoms with van der Waals surface area (Å²) in [5.41, 5.74) is 1.10. The van der Waals surface area contributed by atoms with Crippen LogP contribution in [0, 0.1) is 5.92 Å². The van der Waals surface area contributed by atoms with Crippen LogP contribution < -0.4 is 4.74 Å². The minimum Gasteiger partial charge on any atom is -0.494 e. The molecule has 1 amide bonds. The maximum absolute atomic E-state index is 12.0. The van der Waals surface area contributed by atoms with Crippen LogP contribution in [0.2, 0.25) is 0 Å². The number of hydrogen-bond donors (Lipinski definition) is 0. The van der Waals surface area contributed by atoms with Crippen molar-refractivity contribution >= 4 is 22.8 Å².